The maximum Gasteiger partial charge on any atom is 0.345 e. The molecule has 126 valence electrons. The molecule has 0 unspecified atom stereocenters. The maximum absolute atomic E-state index is 12.2. The van der Waals surface area contributed by atoms with Crippen LogP contribution in [0.1, 0.15) is 15.9 Å². The van der Waals surface area contributed by atoms with E-state index in [1.54, 1.807) is 6.07 Å². The number of rotatable bonds is 4. The Bertz CT molecular complexity index is 992. The number of aromatic nitrogens is 1. The van der Waals surface area contributed by atoms with Crippen LogP contribution in [0.2, 0.25) is 10.2 Å². The number of para-hydroxylation sites is 1. The van der Waals surface area contributed by atoms with Gasteiger partial charge in [0.1, 0.15) is 17.3 Å². The number of nitro groups is 1. The molecule has 6 nitrogen and oxygen atoms in total. The smallest absolute Gasteiger partial charge is 0.345 e. The first-order valence-corrected chi connectivity index (χ1v) is 7.86. The molecule has 3 rings (SSSR count). The average molecular weight is 377 g/mol. The summed E-state index contributed by atoms with van der Waals surface area (Å²) < 4.78 is 5.16. The molecule has 2 aromatic carbocycles. The zero-order valence-electron chi connectivity index (χ0n) is 12.6. The molecule has 0 N–H and O–H groups in total. The monoisotopic (exact) mass is 376 g/mol. The highest BCUT2D eigenvalue weighted by molar-refractivity contribution is 6.31. The van der Waals surface area contributed by atoms with Crippen LogP contribution < -0.4 is 0 Å². The van der Waals surface area contributed by atoms with Gasteiger partial charge in [-0.1, -0.05) is 41.4 Å². The summed E-state index contributed by atoms with van der Waals surface area (Å²) >= 11 is 11.8. The van der Waals surface area contributed by atoms with Crippen molar-refractivity contribution in [1.29, 1.82) is 0 Å². The van der Waals surface area contributed by atoms with Gasteiger partial charge in [0.15, 0.2) is 0 Å². The van der Waals surface area contributed by atoms with Crippen LogP contribution in [0.25, 0.3) is 10.9 Å². The van der Waals surface area contributed by atoms with Gasteiger partial charge in [-0.15, -0.1) is 0 Å². The van der Waals surface area contributed by atoms with E-state index in [1.165, 1.54) is 12.1 Å². The lowest BCUT2D eigenvalue weighted by Crippen LogP contribution is -2.08. The Balaban J connectivity index is 1.83. The van der Waals surface area contributed by atoms with Crippen molar-refractivity contribution in [1.82, 2.24) is 4.98 Å². The van der Waals surface area contributed by atoms with Crippen molar-refractivity contribution >= 4 is 45.8 Å². The molecule has 8 heteroatoms. The number of carbonyl (C=O) groups is 1. The topological polar surface area (TPSA) is 82.3 Å². The fourth-order valence-electron chi connectivity index (χ4n) is 2.29. The lowest BCUT2D eigenvalue weighted by Gasteiger charge is -2.08. The van der Waals surface area contributed by atoms with E-state index in [0.717, 1.165) is 17.0 Å². The molecule has 1 heterocycles. The minimum absolute atomic E-state index is 0.157. The third kappa shape index (κ3) is 3.70. The van der Waals surface area contributed by atoms with E-state index in [-0.39, 0.29) is 22.3 Å². The zero-order chi connectivity index (χ0) is 18.0. The summed E-state index contributed by atoms with van der Waals surface area (Å²) in [4.78, 5) is 26.8. The molecular weight excluding hydrogens is 367 g/mol. The predicted octanol–water partition coefficient (Wildman–Crippen LogP) is 4.81. The molecule has 3 aromatic rings. The molecule has 25 heavy (non-hydrogen) atoms. The first-order chi connectivity index (χ1) is 12.0. The first kappa shape index (κ1) is 17.1. The number of ether oxygens (including phenoxy) is 1. The molecule has 0 aliphatic carbocycles. The molecule has 0 saturated heterocycles. The molecule has 0 saturated carbocycles. The third-order valence-electron chi connectivity index (χ3n) is 3.49. The van der Waals surface area contributed by atoms with Gasteiger partial charge < -0.3 is 4.74 Å². The van der Waals surface area contributed by atoms with Crippen molar-refractivity contribution in [2.45, 2.75) is 6.61 Å². The van der Waals surface area contributed by atoms with Crippen LogP contribution in [0.15, 0.2) is 48.5 Å². The number of hydrogen-bond donors (Lipinski definition) is 0. The number of hydrogen-bond acceptors (Lipinski definition) is 5. The molecule has 0 aliphatic heterocycles. The highest BCUT2D eigenvalue weighted by atomic mass is 35.5. The van der Waals surface area contributed by atoms with Gasteiger partial charge in [0.2, 0.25) is 0 Å². The molecule has 0 fully saturated rings. The van der Waals surface area contributed by atoms with Gasteiger partial charge in [-0.2, -0.15) is 0 Å². The van der Waals surface area contributed by atoms with E-state index >= 15 is 0 Å². The number of esters is 1. The Morgan fingerprint density at radius 2 is 1.92 bits per heavy atom. The van der Waals surface area contributed by atoms with Crippen molar-refractivity contribution in [2.75, 3.05) is 0 Å². The van der Waals surface area contributed by atoms with Crippen molar-refractivity contribution < 1.29 is 14.5 Å². The summed E-state index contributed by atoms with van der Waals surface area (Å²) in [6.45, 7) is -0.157. The summed E-state index contributed by atoms with van der Waals surface area (Å²) in [5.41, 5.74) is 0.626. The molecule has 0 radical (unpaired) electrons. The van der Waals surface area contributed by atoms with E-state index in [9.17, 15) is 14.9 Å². The number of pyridine rings is 1. The third-order valence-corrected chi connectivity index (χ3v) is 4.05. The average Bonchev–Trinajstić information content (AvgIpc) is 2.59. The standard InChI is InChI=1S/C17H10Cl2N2O4/c18-12-5-6-13(15(8-12)21(23)24)17(22)25-9-11-7-10-3-1-2-4-14(10)20-16(11)19/h1-8H,9H2. The summed E-state index contributed by atoms with van der Waals surface area (Å²) in [5, 5.41) is 12.3. The molecule has 0 atom stereocenters. The lowest BCUT2D eigenvalue weighted by atomic mass is 10.1. The lowest BCUT2D eigenvalue weighted by molar-refractivity contribution is -0.385. The summed E-state index contributed by atoms with van der Waals surface area (Å²) in [6.07, 6.45) is 0. The van der Waals surface area contributed by atoms with Crippen LogP contribution in [-0.4, -0.2) is 15.9 Å². The Morgan fingerprint density at radius 3 is 2.68 bits per heavy atom. The van der Waals surface area contributed by atoms with Crippen LogP contribution in [0.5, 0.6) is 0 Å². The number of nitrogens with zero attached hydrogens (tertiary/aromatic N) is 2. The van der Waals surface area contributed by atoms with E-state index in [2.05, 4.69) is 4.98 Å². The second-order valence-corrected chi connectivity index (χ2v) is 5.92. The van der Waals surface area contributed by atoms with Crippen LogP contribution >= 0.6 is 23.2 Å². The van der Waals surface area contributed by atoms with Crippen molar-refractivity contribution in [3.05, 3.63) is 79.9 Å². The Kier molecular flexibility index (Phi) is 4.83. The quantitative estimate of drug-likeness (QED) is 0.282. The summed E-state index contributed by atoms with van der Waals surface area (Å²) in [7, 11) is 0. The SMILES string of the molecule is O=C(OCc1cc2ccccc2nc1Cl)c1ccc(Cl)cc1[N+](=O)[O-]. The second kappa shape index (κ2) is 7.04. The van der Waals surface area contributed by atoms with Crippen molar-refractivity contribution in [2.24, 2.45) is 0 Å². The number of fused-ring (bicyclic) bond motifs is 1. The highest BCUT2D eigenvalue weighted by Gasteiger charge is 2.22. The molecule has 0 bridgehead atoms. The van der Waals surface area contributed by atoms with Gasteiger partial charge in [-0.05, 0) is 24.3 Å². The first-order valence-electron chi connectivity index (χ1n) is 7.11. The van der Waals surface area contributed by atoms with Gasteiger partial charge in [-0.25, -0.2) is 9.78 Å². The Morgan fingerprint density at radius 1 is 1.16 bits per heavy atom. The Hall–Kier alpha value is -2.70. The maximum atomic E-state index is 12.2. The molecule has 0 spiro atoms. The fraction of sp³-hybridized carbons (Fsp3) is 0.0588. The zero-order valence-corrected chi connectivity index (χ0v) is 14.1. The van der Waals surface area contributed by atoms with Crippen LogP contribution in [0.3, 0.4) is 0 Å². The van der Waals surface area contributed by atoms with E-state index in [1.807, 2.05) is 24.3 Å². The number of benzene rings is 2. The predicted molar refractivity (Wildman–Crippen MR) is 94.0 cm³/mol. The van der Waals surface area contributed by atoms with Crippen LogP contribution in [0, 0.1) is 10.1 Å². The number of nitro benzene ring substituents is 1. The molecule has 1 aromatic heterocycles. The normalized spacial score (nSPS) is 10.6. The minimum Gasteiger partial charge on any atom is -0.457 e. The van der Waals surface area contributed by atoms with Crippen molar-refractivity contribution in [3.8, 4) is 0 Å². The molecule has 0 amide bonds. The van der Waals surface area contributed by atoms with Gasteiger partial charge in [0.05, 0.1) is 10.4 Å². The van der Waals surface area contributed by atoms with Crippen LogP contribution in [-0.2, 0) is 11.3 Å². The largest absolute Gasteiger partial charge is 0.457 e. The number of carbonyl (C=O) groups excluding carboxylic acids is 1. The van der Waals surface area contributed by atoms with E-state index < -0.39 is 16.6 Å². The van der Waals surface area contributed by atoms with Gasteiger partial charge in [-0.3, -0.25) is 10.1 Å². The summed E-state index contributed by atoms with van der Waals surface area (Å²) in [5.74, 6) is -0.840. The van der Waals surface area contributed by atoms with Gasteiger partial charge >= 0.3 is 5.97 Å². The van der Waals surface area contributed by atoms with Gasteiger partial charge in [0.25, 0.3) is 5.69 Å². The fourth-order valence-corrected chi connectivity index (χ4v) is 2.65. The second-order valence-electron chi connectivity index (χ2n) is 5.13. The van der Waals surface area contributed by atoms with E-state index in [4.69, 9.17) is 27.9 Å². The number of halogens is 2. The highest BCUT2D eigenvalue weighted by Crippen LogP contribution is 2.25. The van der Waals surface area contributed by atoms with E-state index in [0.29, 0.717) is 5.56 Å². The summed E-state index contributed by atoms with van der Waals surface area (Å²) in [6, 6.07) is 12.9. The minimum atomic E-state index is -0.840. The van der Waals surface area contributed by atoms with Crippen LogP contribution in [0.4, 0.5) is 5.69 Å². The van der Waals surface area contributed by atoms with Crippen molar-refractivity contribution in [3.63, 3.8) is 0 Å². The molecule has 0 aliphatic rings. The van der Waals surface area contributed by atoms with Gasteiger partial charge in [0, 0.05) is 22.0 Å². The molecular formula is C17H10Cl2N2O4. The Labute approximate surface area is 152 Å².